The van der Waals surface area contributed by atoms with E-state index in [-0.39, 0.29) is 18.7 Å². The Labute approximate surface area is 126 Å². The number of amides is 2. The minimum absolute atomic E-state index is 0.204. The van der Waals surface area contributed by atoms with Gasteiger partial charge < -0.3 is 21.1 Å². The summed E-state index contributed by atoms with van der Waals surface area (Å²) >= 11 is 0. The van der Waals surface area contributed by atoms with E-state index in [9.17, 15) is 4.79 Å². The van der Waals surface area contributed by atoms with Crippen molar-refractivity contribution < 1.29 is 9.90 Å². The number of nitrogens with two attached hydrogens (primary N) is 1. The Hall–Kier alpha value is -1.59. The number of primary amides is 1. The molecule has 1 aliphatic rings. The van der Waals surface area contributed by atoms with Crippen LogP contribution in [0.5, 0.6) is 0 Å². The third-order valence-electron chi connectivity index (χ3n) is 4.06. The van der Waals surface area contributed by atoms with E-state index in [2.05, 4.69) is 17.4 Å². The van der Waals surface area contributed by atoms with Crippen molar-refractivity contribution in [2.45, 2.75) is 31.8 Å². The molecule has 1 aromatic carbocycles. The summed E-state index contributed by atoms with van der Waals surface area (Å²) in [6, 6.07) is 10.1. The Morgan fingerprint density at radius 1 is 1.33 bits per heavy atom. The second-order valence-electron chi connectivity index (χ2n) is 5.77. The Balaban J connectivity index is 1.89. The third-order valence-corrected chi connectivity index (χ3v) is 4.06. The van der Waals surface area contributed by atoms with Crippen LogP contribution in [0.2, 0.25) is 0 Å². The van der Waals surface area contributed by atoms with Crippen molar-refractivity contribution in [2.24, 2.45) is 11.7 Å². The van der Waals surface area contributed by atoms with Crippen LogP contribution in [-0.4, -0.2) is 41.8 Å². The lowest BCUT2D eigenvalue weighted by Gasteiger charge is -2.37. The number of aliphatic hydroxyl groups excluding tert-OH is 1. The number of piperidine rings is 1. The highest BCUT2D eigenvalue weighted by molar-refractivity contribution is 5.72. The standard InChI is InChI=1S/C16H25N3O2/c17-16(21)19-11-14(7-4-8-20)9-15(12-19)18-10-13-5-2-1-3-6-13/h1-3,5-6,14-15,18,20H,4,7-12H2,(H2,17,21). The zero-order valence-electron chi connectivity index (χ0n) is 12.4. The summed E-state index contributed by atoms with van der Waals surface area (Å²) < 4.78 is 0. The number of benzene rings is 1. The number of aliphatic hydroxyl groups is 1. The van der Waals surface area contributed by atoms with E-state index in [0.717, 1.165) is 25.8 Å². The van der Waals surface area contributed by atoms with Crippen molar-refractivity contribution >= 4 is 6.03 Å². The number of carbonyl (C=O) groups excluding carboxylic acids is 1. The Morgan fingerprint density at radius 2 is 2.10 bits per heavy atom. The Morgan fingerprint density at radius 3 is 2.76 bits per heavy atom. The SMILES string of the molecule is NC(=O)N1CC(CCCO)CC(NCc2ccccc2)C1. The maximum Gasteiger partial charge on any atom is 0.314 e. The monoisotopic (exact) mass is 291 g/mol. The Kier molecular flexibility index (Phi) is 6.02. The van der Waals surface area contributed by atoms with E-state index >= 15 is 0 Å². The quantitative estimate of drug-likeness (QED) is 0.739. The fourth-order valence-electron chi connectivity index (χ4n) is 2.98. The molecule has 21 heavy (non-hydrogen) atoms. The molecule has 2 unspecified atom stereocenters. The van der Waals surface area contributed by atoms with E-state index in [1.807, 2.05) is 18.2 Å². The molecule has 1 aliphatic heterocycles. The number of hydrogen-bond acceptors (Lipinski definition) is 3. The molecule has 0 aromatic heterocycles. The summed E-state index contributed by atoms with van der Waals surface area (Å²) in [6.45, 7) is 2.37. The van der Waals surface area contributed by atoms with Crippen LogP contribution in [0.15, 0.2) is 30.3 Å². The van der Waals surface area contributed by atoms with Crippen LogP contribution in [0.4, 0.5) is 4.79 Å². The van der Waals surface area contributed by atoms with E-state index < -0.39 is 0 Å². The van der Waals surface area contributed by atoms with Gasteiger partial charge in [-0.2, -0.15) is 0 Å². The highest BCUT2D eigenvalue weighted by Gasteiger charge is 2.28. The lowest BCUT2D eigenvalue weighted by molar-refractivity contribution is 0.143. The minimum Gasteiger partial charge on any atom is -0.396 e. The summed E-state index contributed by atoms with van der Waals surface area (Å²) in [4.78, 5) is 13.2. The molecule has 5 nitrogen and oxygen atoms in total. The van der Waals surface area contributed by atoms with Gasteiger partial charge in [-0.25, -0.2) is 4.79 Å². The number of carbonyl (C=O) groups is 1. The van der Waals surface area contributed by atoms with Crippen LogP contribution in [0.3, 0.4) is 0 Å². The zero-order chi connectivity index (χ0) is 15.1. The van der Waals surface area contributed by atoms with Gasteiger partial charge in [-0.15, -0.1) is 0 Å². The van der Waals surface area contributed by atoms with Crippen LogP contribution in [0.1, 0.15) is 24.8 Å². The van der Waals surface area contributed by atoms with Gasteiger partial charge in [0.1, 0.15) is 0 Å². The average molecular weight is 291 g/mol. The van der Waals surface area contributed by atoms with Crippen molar-refractivity contribution in [1.82, 2.24) is 10.2 Å². The van der Waals surface area contributed by atoms with Gasteiger partial charge in [0, 0.05) is 32.3 Å². The number of nitrogens with one attached hydrogen (secondary N) is 1. The van der Waals surface area contributed by atoms with Crippen molar-refractivity contribution in [3.05, 3.63) is 35.9 Å². The predicted octanol–water partition coefficient (Wildman–Crippen LogP) is 1.32. The van der Waals surface area contributed by atoms with Gasteiger partial charge in [-0.1, -0.05) is 30.3 Å². The van der Waals surface area contributed by atoms with Gasteiger partial charge in [0.2, 0.25) is 0 Å². The molecule has 0 saturated carbocycles. The second-order valence-corrected chi connectivity index (χ2v) is 5.77. The molecular weight excluding hydrogens is 266 g/mol. The van der Waals surface area contributed by atoms with Crippen molar-refractivity contribution in [2.75, 3.05) is 19.7 Å². The van der Waals surface area contributed by atoms with Crippen LogP contribution >= 0.6 is 0 Å². The van der Waals surface area contributed by atoms with E-state index in [1.54, 1.807) is 4.90 Å². The topological polar surface area (TPSA) is 78.6 Å². The molecule has 1 fully saturated rings. The molecule has 2 rings (SSSR count). The molecule has 0 bridgehead atoms. The number of likely N-dealkylation sites (tertiary alicyclic amines) is 1. The molecule has 0 aliphatic carbocycles. The smallest absolute Gasteiger partial charge is 0.314 e. The number of urea groups is 1. The third kappa shape index (κ3) is 5.02. The maximum absolute atomic E-state index is 11.5. The summed E-state index contributed by atoms with van der Waals surface area (Å²) in [7, 11) is 0. The maximum atomic E-state index is 11.5. The first-order chi connectivity index (χ1) is 10.2. The number of hydrogen-bond donors (Lipinski definition) is 3. The molecule has 1 aromatic rings. The summed E-state index contributed by atoms with van der Waals surface area (Å²) in [5.74, 6) is 0.409. The average Bonchev–Trinajstić information content (AvgIpc) is 2.51. The molecule has 2 atom stereocenters. The Bertz CT molecular complexity index is 438. The number of rotatable bonds is 6. The van der Waals surface area contributed by atoms with Gasteiger partial charge in [-0.05, 0) is 30.7 Å². The van der Waals surface area contributed by atoms with Crippen LogP contribution < -0.4 is 11.1 Å². The summed E-state index contributed by atoms with van der Waals surface area (Å²) in [6.07, 6.45) is 2.74. The van der Waals surface area contributed by atoms with Gasteiger partial charge in [0.25, 0.3) is 0 Å². The highest BCUT2D eigenvalue weighted by Crippen LogP contribution is 2.21. The van der Waals surface area contributed by atoms with Crippen LogP contribution in [0.25, 0.3) is 0 Å². The number of nitrogens with zero attached hydrogens (tertiary/aromatic N) is 1. The van der Waals surface area contributed by atoms with Gasteiger partial charge in [0.05, 0.1) is 0 Å². The minimum atomic E-state index is -0.352. The molecule has 4 N–H and O–H groups in total. The first-order valence-corrected chi connectivity index (χ1v) is 7.61. The summed E-state index contributed by atoms with van der Waals surface area (Å²) in [5.41, 5.74) is 6.67. The lowest BCUT2D eigenvalue weighted by Crippen LogP contribution is -2.52. The van der Waals surface area contributed by atoms with Gasteiger partial charge in [0.15, 0.2) is 0 Å². The molecular formula is C16H25N3O2. The molecule has 116 valence electrons. The molecule has 0 radical (unpaired) electrons. The van der Waals surface area contributed by atoms with Gasteiger partial charge >= 0.3 is 6.03 Å². The fourth-order valence-corrected chi connectivity index (χ4v) is 2.98. The van der Waals surface area contributed by atoms with Crippen molar-refractivity contribution in [3.8, 4) is 0 Å². The normalized spacial score (nSPS) is 22.2. The largest absolute Gasteiger partial charge is 0.396 e. The predicted molar refractivity (Wildman–Crippen MR) is 82.7 cm³/mol. The molecule has 0 spiro atoms. The first-order valence-electron chi connectivity index (χ1n) is 7.61. The van der Waals surface area contributed by atoms with Crippen LogP contribution in [0, 0.1) is 5.92 Å². The molecule has 1 saturated heterocycles. The lowest BCUT2D eigenvalue weighted by atomic mass is 9.90. The molecule has 5 heteroatoms. The second kappa shape index (κ2) is 8.00. The molecule has 1 heterocycles. The van der Waals surface area contributed by atoms with Gasteiger partial charge in [-0.3, -0.25) is 0 Å². The van der Waals surface area contributed by atoms with E-state index in [1.165, 1.54) is 5.56 Å². The first kappa shape index (κ1) is 15.8. The van der Waals surface area contributed by atoms with E-state index in [0.29, 0.717) is 19.0 Å². The summed E-state index contributed by atoms with van der Waals surface area (Å²) in [5, 5.41) is 12.5. The van der Waals surface area contributed by atoms with E-state index in [4.69, 9.17) is 10.8 Å². The highest BCUT2D eigenvalue weighted by atomic mass is 16.3. The van der Waals surface area contributed by atoms with Crippen molar-refractivity contribution in [1.29, 1.82) is 0 Å². The zero-order valence-corrected chi connectivity index (χ0v) is 12.4. The molecule has 2 amide bonds. The van der Waals surface area contributed by atoms with Crippen LogP contribution in [-0.2, 0) is 6.54 Å². The fraction of sp³-hybridized carbons (Fsp3) is 0.562. The van der Waals surface area contributed by atoms with Crippen molar-refractivity contribution in [3.63, 3.8) is 0 Å².